The number of hydrogen-bond acceptors (Lipinski definition) is 7. The molecule has 0 saturated heterocycles. The third kappa shape index (κ3) is 4.89. The number of nitrogens with zero attached hydrogens (tertiary/aromatic N) is 3. The van der Waals surface area contributed by atoms with E-state index in [0.717, 1.165) is 23.3 Å². The number of tetrazole rings is 1. The molecule has 7 nitrogen and oxygen atoms in total. The maximum absolute atomic E-state index is 11.7. The number of hydrogen-bond donors (Lipinski definition) is 2. The number of rotatable bonds is 9. The highest BCUT2D eigenvalue weighted by molar-refractivity contribution is 7.98. The Bertz CT molecular complexity index is 945. The summed E-state index contributed by atoms with van der Waals surface area (Å²) in [5.74, 6) is 1.20. The molecule has 0 saturated carbocycles. The zero-order valence-electron chi connectivity index (χ0n) is 15.8. The van der Waals surface area contributed by atoms with Gasteiger partial charge in [-0.3, -0.25) is 4.79 Å². The number of H-pyrrole nitrogens is 1. The lowest BCUT2D eigenvalue weighted by Crippen LogP contribution is -2.02. The second-order valence-corrected chi connectivity index (χ2v) is 7.28. The number of carbonyl (C=O) groups is 1. The fourth-order valence-corrected chi connectivity index (χ4v) is 3.54. The number of Topliss-reactive ketones (excluding diaryl/α,β-unsaturated/α-hetero) is 1. The Morgan fingerprint density at radius 1 is 1.25 bits per heavy atom. The Labute approximate surface area is 167 Å². The Balaban J connectivity index is 1.70. The Kier molecular flexibility index (Phi) is 6.65. The molecule has 3 rings (SSSR count). The number of thioether (sulfide) groups is 1. The van der Waals surface area contributed by atoms with E-state index >= 15 is 0 Å². The van der Waals surface area contributed by atoms with Crippen molar-refractivity contribution in [2.24, 2.45) is 0 Å². The first kappa shape index (κ1) is 19.9. The minimum Gasteiger partial charge on any atom is -0.507 e. The van der Waals surface area contributed by atoms with E-state index in [1.54, 1.807) is 12.1 Å². The first-order valence-corrected chi connectivity index (χ1v) is 9.99. The van der Waals surface area contributed by atoms with E-state index in [1.807, 2.05) is 25.1 Å². The van der Waals surface area contributed by atoms with Crippen molar-refractivity contribution in [3.8, 4) is 11.5 Å². The molecule has 0 aliphatic carbocycles. The van der Waals surface area contributed by atoms with Gasteiger partial charge in [0.05, 0.1) is 5.56 Å². The van der Waals surface area contributed by atoms with E-state index in [-0.39, 0.29) is 11.5 Å². The van der Waals surface area contributed by atoms with E-state index in [2.05, 4.69) is 26.7 Å². The number of ether oxygens (including phenoxy) is 1. The van der Waals surface area contributed by atoms with Crippen LogP contribution in [0, 0.1) is 0 Å². The molecule has 0 aliphatic heterocycles. The molecule has 2 N–H and O–H groups in total. The van der Waals surface area contributed by atoms with Crippen molar-refractivity contribution in [1.82, 2.24) is 20.6 Å². The molecule has 1 heterocycles. The van der Waals surface area contributed by atoms with Crippen LogP contribution in [-0.4, -0.2) is 31.5 Å². The van der Waals surface area contributed by atoms with Crippen molar-refractivity contribution >= 4 is 17.5 Å². The van der Waals surface area contributed by atoms with Gasteiger partial charge >= 0.3 is 0 Å². The van der Waals surface area contributed by atoms with Crippen LogP contribution in [0.1, 0.15) is 47.3 Å². The number of aromatic hydroxyl groups is 1. The maximum Gasteiger partial charge on any atom is 0.231 e. The van der Waals surface area contributed by atoms with Crippen molar-refractivity contribution in [3.05, 3.63) is 58.7 Å². The number of nitrogens with one attached hydrogen (secondary N) is 1. The first-order chi connectivity index (χ1) is 13.6. The molecule has 3 aromatic rings. The lowest BCUT2D eigenvalue weighted by molar-refractivity contribution is 0.101. The van der Waals surface area contributed by atoms with E-state index in [1.165, 1.54) is 18.7 Å². The Hall–Kier alpha value is -2.87. The largest absolute Gasteiger partial charge is 0.507 e. The van der Waals surface area contributed by atoms with Crippen molar-refractivity contribution < 1.29 is 14.6 Å². The molecule has 0 radical (unpaired) electrons. The number of phenolic OH excluding ortho intramolecular Hbond substituents is 1. The first-order valence-electron chi connectivity index (χ1n) is 9.01. The van der Waals surface area contributed by atoms with Gasteiger partial charge in [0.1, 0.15) is 18.1 Å². The lowest BCUT2D eigenvalue weighted by Gasteiger charge is -2.15. The van der Waals surface area contributed by atoms with Crippen LogP contribution in [0.25, 0.3) is 0 Å². The fourth-order valence-electron chi connectivity index (χ4n) is 2.86. The third-order valence-electron chi connectivity index (χ3n) is 4.20. The molecule has 0 aliphatic rings. The molecule has 0 bridgehead atoms. The minimum atomic E-state index is -0.159. The summed E-state index contributed by atoms with van der Waals surface area (Å²) in [6, 6.07) is 11.4. The minimum absolute atomic E-state index is 0.0251. The van der Waals surface area contributed by atoms with Crippen LogP contribution in [0.15, 0.2) is 41.6 Å². The molecule has 0 atom stereocenters. The number of carbonyl (C=O) groups excluding carboxylic acids is 1. The molecule has 0 unspecified atom stereocenters. The van der Waals surface area contributed by atoms with Gasteiger partial charge in [0.15, 0.2) is 5.78 Å². The van der Waals surface area contributed by atoms with Crippen LogP contribution in [0.3, 0.4) is 0 Å². The highest BCUT2D eigenvalue weighted by Crippen LogP contribution is 2.33. The average Bonchev–Trinajstić information content (AvgIpc) is 3.20. The molecule has 0 amide bonds. The summed E-state index contributed by atoms with van der Waals surface area (Å²) in [5.41, 5.74) is 3.15. The molecule has 8 heteroatoms. The van der Waals surface area contributed by atoms with Gasteiger partial charge in [-0.25, -0.2) is 0 Å². The van der Waals surface area contributed by atoms with Crippen LogP contribution in [0.5, 0.6) is 11.5 Å². The average molecular weight is 398 g/mol. The predicted molar refractivity (Wildman–Crippen MR) is 107 cm³/mol. The van der Waals surface area contributed by atoms with Gasteiger partial charge in [0.25, 0.3) is 0 Å². The summed E-state index contributed by atoms with van der Waals surface area (Å²) in [6.45, 7) is 3.84. The summed E-state index contributed by atoms with van der Waals surface area (Å²) in [4.78, 5) is 11.7. The van der Waals surface area contributed by atoms with E-state index in [4.69, 9.17) is 4.74 Å². The zero-order chi connectivity index (χ0) is 19.9. The fraction of sp³-hybridized carbons (Fsp3) is 0.300. The number of aromatic amines is 1. The zero-order valence-corrected chi connectivity index (χ0v) is 16.6. The maximum atomic E-state index is 11.7. The van der Waals surface area contributed by atoms with Gasteiger partial charge in [-0.05, 0) is 41.8 Å². The van der Waals surface area contributed by atoms with Crippen LogP contribution in [0.2, 0.25) is 0 Å². The monoisotopic (exact) mass is 398 g/mol. The van der Waals surface area contributed by atoms with E-state index in [9.17, 15) is 9.90 Å². The topological polar surface area (TPSA) is 101 Å². The second-order valence-electron chi connectivity index (χ2n) is 6.34. The quantitative estimate of drug-likeness (QED) is 0.416. The number of aromatic nitrogens is 4. The van der Waals surface area contributed by atoms with Gasteiger partial charge in [-0.2, -0.15) is 5.21 Å². The summed E-state index contributed by atoms with van der Waals surface area (Å²) in [5, 5.41) is 24.9. The van der Waals surface area contributed by atoms with Gasteiger partial charge < -0.3 is 9.84 Å². The van der Waals surface area contributed by atoms with Crippen LogP contribution in [-0.2, 0) is 18.8 Å². The lowest BCUT2D eigenvalue weighted by atomic mass is 10.0. The molecular formula is C20H22N4O3S. The standard InChI is InChI=1S/C20H22N4O3S/c1-3-5-17-18(9-8-16(13(2)25)19(17)26)27-11-14-6-4-7-15(10-14)12-28-20-21-23-24-22-20/h4,6-10,26H,3,5,11-12H2,1-2H3,(H,21,22,23,24). The van der Waals surface area contributed by atoms with Crippen molar-refractivity contribution in [2.45, 2.75) is 44.2 Å². The summed E-state index contributed by atoms with van der Waals surface area (Å²) in [6.07, 6.45) is 1.48. The van der Waals surface area contributed by atoms with Crippen LogP contribution < -0.4 is 4.74 Å². The molecule has 146 valence electrons. The van der Waals surface area contributed by atoms with E-state index in [0.29, 0.717) is 35.1 Å². The molecular weight excluding hydrogens is 376 g/mol. The van der Waals surface area contributed by atoms with Crippen molar-refractivity contribution in [2.75, 3.05) is 0 Å². The highest BCUT2D eigenvalue weighted by atomic mass is 32.2. The van der Waals surface area contributed by atoms with Crippen molar-refractivity contribution in [3.63, 3.8) is 0 Å². The Morgan fingerprint density at radius 2 is 2.07 bits per heavy atom. The van der Waals surface area contributed by atoms with Gasteiger partial charge in [0, 0.05) is 11.3 Å². The molecule has 0 fully saturated rings. The number of phenols is 1. The molecule has 2 aromatic carbocycles. The van der Waals surface area contributed by atoms with Crippen LogP contribution >= 0.6 is 11.8 Å². The predicted octanol–water partition coefficient (Wildman–Crippen LogP) is 3.93. The SMILES string of the molecule is CCCc1c(OCc2cccc(CSc3nn[nH]n3)c2)ccc(C(C)=O)c1O. The highest BCUT2D eigenvalue weighted by Gasteiger charge is 2.16. The summed E-state index contributed by atoms with van der Waals surface area (Å²) < 4.78 is 5.98. The normalized spacial score (nSPS) is 10.8. The van der Waals surface area contributed by atoms with E-state index < -0.39 is 0 Å². The molecule has 0 spiro atoms. The van der Waals surface area contributed by atoms with Crippen LogP contribution in [0.4, 0.5) is 0 Å². The number of benzene rings is 2. The molecule has 28 heavy (non-hydrogen) atoms. The summed E-state index contributed by atoms with van der Waals surface area (Å²) in [7, 11) is 0. The van der Waals surface area contributed by atoms with Crippen molar-refractivity contribution in [1.29, 1.82) is 0 Å². The van der Waals surface area contributed by atoms with Gasteiger partial charge in [-0.1, -0.05) is 49.4 Å². The van der Waals surface area contributed by atoms with Gasteiger partial charge in [0.2, 0.25) is 5.16 Å². The Morgan fingerprint density at radius 3 is 2.79 bits per heavy atom. The van der Waals surface area contributed by atoms with Gasteiger partial charge in [-0.15, -0.1) is 10.2 Å². The molecule has 1 aromatic heterocycles. The summed E-state index contributed by atoms with van der Waals surface area (Å²) >= 11 is 1.50. The number of ketones is 1. The second kappa shape index (κ2) is 9.36. The smallest absolute Gasteiger partial charge is 0.231 e. The third-order valence-corrected chi connectivity index (χ3v) is 5.11.